The zero-order chi connectivity index (χ0) is 28.0. The number of rotatable bonds is 5. The number of carbonyl (C=O) groups excluding carboxylic acids is 1. The average molecular weight is 468 g/mol. The number of carbonyl (C=O) groups is 1. The average Bonchev–Trinajstić information content (AvgIpc) is 3.26. The molecule has 1 amide bonds. The number of aryl methyl sites for hydroxylation is 1. The molecule has 1 aromatic carbocycles. The minimum atomic E-state index is -3.41. The molecule has 1 fully saturated rings. The molecule has 8 nitrogen and oxygen atoms in total. The summed E-state index contributed by atoms with van der Waals surface area (Å²) in [5.74, 6) is -7.53. The summed E-state index contributed by atoms with van der Waals surface area (Å²) in [5, 5.41) is 3.88. The van der Waals surface area contributed by atoms with Gasteiger partial charge in [-0.3, -0.25) is 4.79 Å². The lowest BCUT2D eigenvalue weighted by atomic mass is 9.95. The molecular formula is C21H21F4N7O. The van der Waals surface area contributed by atoms with Crippen LogP contribution in [0.15, 0.2) is 24.7 Å². The van der Waals surface area contributed by atoms with E-state index in [0.29, 0.717) is 6.07 Å². The second kappa shape index (κ2) is 9.12. The van der Waals surface area contributed by atoms with Gasteiger partial charge in [-0.2, -0.15) is 5.10 Å². The van der Waals surface area contributed by atoms with E-state index in [9.17, 15) is 22.4 Å². The number of halogens is 4. The van der Waals surface area contributed by atoms with Crippen LogP contribution in [0, 0.1) is 29.2 Å². The Morgan fingerprint density at radius 3 is 2.64 bits per heavy atom. The van der Waals surface area contributed by atoms with Gasteiger partial charge in [-0.1, -0.05) is 0 Å². The van der Waals surface area contributed by atoms with Crippen LogP contribution in [0.4, 0.5) is 23.5 Å². The van der Waals surface area contributed by atoms with Gasteiger partial charge < -0.3 is 9.80 Å². The second-order valence-electron chi connectivity index (χ2n) is 7.37. The van der Waals surface area contributed by atoms with Gasteiger partial charge in [0.1, 0.15) is 17.8 Å². The second-order valence-corrected chi connectivity index (χ2v) is 7.37. The third kappa shape index (κ3) is 4.64. The summed E-state index contributed by atoms with van der Waals surface area (Å²) >= 11 is 0. The number of hydrogen-bond donors (Lipinski definition) is 0. The molecule has 2 aromatic heterocycles. The summed E-state index contributed by atoms with van der Waals surface area (Å²) in [4.78, 5) is 26.9. The van der Waals surface area contributed by atoms with Crippen LogP contribution in [0.1, 0.15) is 25.3 Å². The third-order valence-corrected chi connectivity index (χ3v) is 5.23. The minimum Gasteiger partial charge on any atom is -0.341 e. The topological polar surface area (TPSA) is 80.0 Å². The van der Waals surface area contributed by atoms with E-state index in [0.717, 1.165) is 6.20 Å². The quantitative estimate of drug-likeness (QED) is 0.423. The number of hydrogen-bond acceptors (Lipinski definition) is 6. The number of piperidine rings is 1. The fraction of sp³-hybridized carbons (Fsp3) is 0.381. The van der Waals surface area contributed by atoms with Crippen molar-refractivity contribution in [2.45, 2.75) is 19.3 Å². The lowest BCUT2D eigenvalue weighted by molar-refractivity contribution is -0.135. The normalized spacial score (nSPS) is 17.6. The monoisotopic (exact) mass is 468 g/mol. The molecule has 0 aliphatic carbocycles. The van der Waals surface area contributed by atoms with Crippen molar-refractivity contribution in [1.29, 1.82) is 0 Å². The first kappa shape index (κ1) is 17.0. The number of nitrogens with zero attached hydrogens (tertiary/aromatic N) is 7. The molecule has 33 heavy (non-hydrogen) atoms. The van der Waals surface area contributed by atoms with Crippen LogP contribution in [-0.2, 0) is 18.3 Å². The van der Waals surface area contributed by atoms with E-state index in [2.05, 4.69) is 20.1 Å². The number of anilines is 1. The van der Waals surface area contributed by atoms with Crippen molar-refractivity contribution in [3.8, 4) is 11.5 Å². The van der Waals surface area contributed by atoms with Crippen molar-refractivity contribution >= 4 is 11.9 Å². The SMILES string of the molecule is [2H]C([2H])([2H])N(C(=O)C1CCN(c2ncc(F)c(-c3ncnn3C)n2)CC1)C([2H])([2H])c1cc(F)cc(F)c1F. The van der Waals surface area contributed by atoms with E-state index in [-0.39, 0.29) is 54.4 Å². The van der Waals surface area contributed by atoms with Gasteiger partial charge in [0.05, 0.1) is 8.94 Å². The van der Waals surface area contributed by atoms with Crippen molar-refractivity contribution in [2.75, 3.05) is 25.0 Å². The van der Waals surface area contributed by atoms with E-state index in [1.165, 1.54) is 11.0 Å². The Balaban J connectivity index is 1.56. The Kier molecular flexibility index (Phi) is 4.69. The highest BCUT2D eigenvalue weighted by atomic mass is 19.2. The fourth-order valence-electron chi connectivity index (χ4n) is 3.50. The minimum absolute atomic E-state index is 0.0154. The molecule has 1 saturated heterocycles. The van der Waals surface area contributed by atoms with Crippen molar-refractivity contribution < 1.29 is 29.2 Å². The lowest BCUT2D eigenvalue weighted by Crippen LogP contribution is -2.41. The molecule has 174 valence electrons. The molecule has 0 unspecified atom stereocenters. The van der Waals surface area contributed by atoms with Gasteiger partial charge in [-0.25, -0.2) is 37.2 Å². The van der Waals surface area contributed by atoms with Crippen LogP contribution in [0.3, 0.4) is 0 Å². The van der Waals surface area contributed by atoms with Crippen LogP contribution in [-0.4, -0.2) is 55.6 Å². The van der Waals surface area contributed by atoms with Crippen molar-refractivity contribution in [1.82, 2.24) is 29.6 Å². The summed E-state index contributed by atoms with van der Waals surface area (Å²) < 4.78 is 97.3. The first-order chi connectivity index (χ1) is 17.7. The summed E-state index contributed by atoms with van der Waals surface area (Å²) in [6.45, 7) is -6.59. The summed E-state index contributed by atoms with van der Waals surface area (Å²) in [6.07, 6.45) is 2.22. The standard InChI is InChI=1S/C21H21F4N7O/c1-30(10-13-7-14(22)8-15(23)17(13)25)20(33)12-3-5-32(6-4-12)21-26-9-16(24)18(29-21)19-27-11-28-31(19)2/h7-9,11-12H,3-6,10H2,1-2H3/i1D3,10D2. The van der Waals surface area contributed by atoms with Crippen LogP contribution in [0.25, 0.3) is 11.5 Å². The smallest absolute Gasteiger partial charge is 0.226 e. The van der Waals surface area contributed by atoms with E-state index in [1.807, 2.05) is 0 Å². The number of benzene rings is 1. The zero-order valence-corrected chi connectivity index (χ0v) is 17.3. The maximum Gasteiger partial charge on any atom is 0.226 e. The highest BCUT2D eigenvalue weighted by molar-refractivity contribution is 5.79. The molecule has 0 spiro atoms. The van der Waals surface area contributed by atoms with Gasteiger partial charge in [0, 0.05) is 55.3 Å². The molecule has 3 aromatic rings. The Morgan fingerprint density at radius 1 is 1.21 bits per heavy atom. The fourth-order valence-corrected chi connectivity index (χ4v) is 3.50. The van der Waals surface area contributed by atoms with E-state index >= 15 is 0 Å². The molecule has 0 radical (unpaired) electrons. The van der Waals surface area contributed by atoms with Gasteiger partial charge >= 0.3 is 0 Å². The predicted octanol–water partition coefficient (Wildman–Crippen LogP) is 2.70. The molecule has 0 saturated carbocycles. The van der Waals surface area contributed by atoms with Gasteiger partial charge in [0.25, 0.3) is 0 Å². The number of amides is 1. The van der Waals surface area contributed by atoms with E-state index in [4.69, 9.17) is 6.85 Å². The molecule has 12 heteroatoms. The molecule has 1 aliphatic heterocycles. The van der Waals surface area contributed by atoms with Crippen LogP contribution in [0.2, 0.25) is 0 Å². The number of aromatic nitrogens is 5. The van der Waals surface area contributed by atoms with Gasteiger partial charge in [-0.05, 0) is 18.9 Å². The van der Waals surface area contributed by atoms with E-state index in [1.54, 1.807) is 11.9 Å². The first-order valence-electron chi connectivity index (χ1n) is 12.3. The molecule has 0 N–H and O–H groups in total. The largest absolute Gasteiger partial charge is 0.341 e. The summed E-state index contributed by atoms with van der Waals surface area (Å²) in [6, 6.07) is 0.493. The Morgan fingerprint density at radius 2 is 1.97 bits per heavy atom. The van der Waals surface area contributed by atoms with Crippen LogP contribution >= 0.6 is 0 Å². The third-order valence-electron chi connectivity index (χ3n) is 5.23. The zero-order valence-electron chi connectivity index (χ0n) is 22.3. The van der Waals surface area contributed by atoms with Crippen LogP contribution < -0.4 is 4.90 Å². The Labute approximate surface area is 193 Å². The highest BCUT2D eigenvalue weighted by Gasteiger charge is 2.29. The Bertz CT molecular complexity index is 1360. The predicted molar refractivity (Wildman–Crippen MR) is 110 cm³/mol. The molecule has 1 aliphatic rings. The molecule has 4 rings (SSSR count). The van der Waals surface area contributed by atoms with E-state index < -0.39 is 54.1 Å². The summed E-state index contributed by atoms with van der Waals surface area (Å²) in [5.41, 5.74) is -1.35. The molecular weight excluding hydrogens is 442 g/mol. The molecule has 0 atom stereocenters. The molecule has 0 bridgehead atoms. The van der Waals surface area contributed by atoms with Crippen LogP contribution in [0.5, 0.6) is 0 Å². The summed E-state index contributed by atoms with van der Waals surface area (Å²) in [7, 11) is 1.56. The van der Waals surface area contributed by atoms with Gasteiger partial charge in [0.15, 0.2) is 23.3 Å². The maximum atomic E-state index is 14.4. The first-order valence-corrected chi connectivity index (χ1v) is 9.83. The van der Waals surface area contributed by atoms with Crippen molar-refractivity contribution in [3.63, 3.8) is 0 Å². The van der Waals surface area contributed by atoms with Crippen molar-refractivity contribution in [3.05, 3.63) is 53.5 Å². The van der Waals surface area contributed by atoms with Gasteiger partial charge in [0.2, 0.25) is 11.9 Å². The van der Waals surface area contributed by atoms with Crippen molar-refractivity contribution in [2.24, 2.45) is 13.0 Å². The highest BCUT2D eigenvalue weighted by Crippen LogP contribution is 2.26. The molecule has 3 heterocycles. The maximum absolute atomic E-state index is 14.4. The lowest BCUT2D eigenvalue weighted by Gasteiger charge is -2.33. The Hall–Kier alpha value is -3.57. The van der Waals surface area contributed by atoms with Gasteiger partial charge in [-0.15, -0.1) is 0 Å².